The number of nitrogens with zero attached hydrogens (tertiary/aromatic N) is 2. The predicted octanol–water partition coefficient (Wildman–Crippen LogP) is 2.90. The van der Waals surface area contributed by atoms with E-state index in [-0.39, 0.29) is 11.9 Å². The van der Waals surface area contributed by atoms with Crippen molar-refractivity contribution in [2.24, 2.45) is 11.7 Å². The van der Waals surface area contributed by atoms with Crippen molar-refractivity contribution in [3.05, 3.63) is 53.3 Å². The fourth-order valence-corrected chi connectivity index (χ4v) is 3.70. The van der Waals surface area contributed by atoms with E-state index in [0.717, 1.165) is 35.6 Å². The van der Waals surface area contributed by atoms with E-state index >= 15 is 0 Å². The number of carbonyl (C=O) groups is 1. The Morgan fingerprint density at radius 1 is 1.26 bits per heavy atom. The number of hydrogen-bond donors (Lipinski definition) is 1. The summed E-state index contributed by atoms with van der Waals surface area (Å²) < 4.78 is 2.15. The average molecular weight is 311 g/mol. The van der Waals surface area contributed by atoms with Gasteiger partial charge in [-0.05, 0) is 57.9 Å². The quantitative estimate of drug-likeness (QED) is 0.947. The minimum atomic E-state index is 0.128. The van der Waals surface area contributed by atoms with E-state index in [9.17, 15) is 4.79 Å². The van der Waals surface area contributed by atoms with Gasteiger partial charge in [0.15, 0.2) is 0 Å². The molecule has 1 saturated heterocycles. The smallest absolute Gasteiger partial charge is 0.255 e. The van der Waals surface area contributed by atoms with E-state index in [2.05, 4.69) is 23.6 Å². The molecular formula is C19H25N3O. The molecular weight excluding hydrogens is 286 g/mol. The third kappa shape index (κ3) is 2.79. The summed E-state index contributed by atoms with van der Waals surface area (Å²) in [6.07, 6.45) is 1.000. The van der Waals surface area contributed by atoms with Crippen molar-refractivity contribution in [1.29, 1.82) is 0 Å². The maximum Gasteiger partial charge on any atom is 0.255 e. The number of aromatic nitrogens is 1. The van der Waals surface area contributed by atoms with Gasteiger partial charge in [-0.15, -0.1) is 0 Å². The Labute approximate surface area is 137 Å². The van der Waals surface area contributed by atoms with Crippen LogP contribution in [0.1, 0.15) is 35.1 Å². The number of aryl methyl sites for hydroxylation is 1. The van der Waals surface area contributed by atoms with Gasteiger partial charge in [-0.1, -0.05) is 18.2 Å². The van der Waals surface area contributed by atoms with Crippen LogP contribution in [0.25, 0.3) is 5.69 Å². The molecule has 2 atom stereocenters. The molecule has 23 heavy (non-hydrogen) atoms. The number of amides is 1. The minimum absolute atomic E-state index is 0.128. The summed E-state index contributed by atoms with van der Waals surface area (Å²) in [6, 6.07) is 12.4. The van der Waals surface area contributed by atoms with Crippen molar-refractivity contribution < 1.29 is 4.79 Å². The molecule has 0 saturated carbocycles. The van der Waals surface area contributed by atoms with Crippen LogP contribution in [0.3, 0.4) is 0 Å². The molecule has 122 valence electrons. The second kappa shape index (κ2) is 6.20. The Morgan fingerprint density at radius 3 is 2.57 bits per heavy atom. The van der Waals surface area contributed by atoms with Crippen molar-refractivity contribution in [3.8, 4) is 5.69 Å². The van der Waals surface area contributed by atoms with Crippen LogP contribution in [-0.4, -0.2) is 34.5 Å². The third-order valence-corrected chi connectivity index (χ3v) is 4.93. The summed E-state index contributed by atoms with van der Waals surface area (Å²) in [5.74, 6) is 0.551. The van der Waals surface area contributed by atoms with Crippen LogP contribution in [0.2, 0.25) is 0 Å². The van der Waals surface area contributed by atoms with E-state index in [0.29, 0.717) is 12.5 Å². The standard InChI is InChI=1S/C19H25N3O/c1-13-9-16(11-20)12-21(13)19(23)18-10-14(2)22(15(18)3)17-7-5-4-6-8-17/h4-8,10,13,16H,9,11-12,20H2,1-3H3. The first-order valence-corrected chi connectivity index (χ1v) is 8.28. The Morgan fingerprint density at radius 2 is 1.96 bits per heavy atom. The number of carbonyl (C=O) groups excluding carboxylic acids is 1. The summed E-state index contributed by atoms with van der Waals surface area (Å²) in [5, 5.41) is 0. The van der Waals surface area contributed by atoms with Gasteiger partial charge in [0, 0.05) is 29.7 Å². The van der Waals surface area contributed by atoms with Crippen molar-refractivity contribution in [2.45, 2.75) is 33.2 Å². The number of hydrogen-bond acceptors (Lipinski definition) is 2. The van der Waals surface area contributed by atoms with Gasteiger partial charge in [0.1, 0.15) is 0 Å². The fourth-order valence-electron chi connectivity index (χ4n) is 3.70. The lowest BCUT2D eigenvalue weighted by molar-refractivity contribution is 0.0742. The fraction of sp³-hybridized carbons (Fsp3) is 0.421. The van der Waals surface area contributed by atoms with E-state index in [1.165, 1.54) is 0 Å². The number of rotatable bonds is 3. The van der Waals surface area contributed by atoms with Gasteiger partial charge in [0.2, 0.25) is 0 Å². The Bertz CT molecular complexity index is 705. The maximum atomic E-state index is 13.0. The summed E-state index contributed by atoms with van der Waals surface area (Å²) in [7, 11) is 0. The third-order valence-electron chi connectivity index (χ3n) is 4.93. The molecule has 0 bridgehead atoms. The van der Waals surface area contributed by atoms with E-state index in [4.69, 9.17) is 5.73 Å². The molecule has 2 N–H and O–H groups in total. The summed E-state index contributed by atoms with van der Waals surface area (Å²) in [4.78, 5) is 15.0. The van der Waals surface area contributed by atoms with Crippen molar-refractivity contribution in [3.63, 3.8) is 0 Å². The molecule has 0 spiro atoms. The molecule has 0 aliphatic carbocycles. The molecule has 2 heterocycles. The molecule has 1 fully saturated rings. The normalized spacial score (nSPS) is 21.0. The molecule has 3 rings (SSSR count). The highest BCUT2D eigenvalue weighted by molar-refractivity contribution is 5.96. The molecule has 1 aromatic heterocycles. The zero-order chi connectivity index (χ0) is 16.6. The molecule has 1 aliphatic heterocycles. The lowest BCUT2D eigenvalue weighted by Crippen LogP contribution is -2.34. The molecule has 2 aromatic rings. The van der Waals surface area contributed by atoms with Crippen LogP contribution in [0.5, 0.6) is 0 Å². The van der Waals surface area contributed by atoms with E-state index in [1.54, 1.807) is 0 Å². The minimum Gasteiger partial charge on any atom is -0.336 e. The zero-order valence-electron chi connectivity index (χ0n) is 14.1. The number of para-hydroxylation sites is 1. The van der Waals surface area contributed by atoms with Gasteiger partial charge in [0.05, 0.1) is 5.56 Å². The first-order chi connectivity index (χ1) is 11.0. The molecule has 1 amide bonds. The van der Waals surface area contributed by atoms with Crippen LogP contribution in [0.15, 0.2) is 36.4 Å². The van der Waals surface area contributed by atoms with Crippen LogP contribution in [-0.2, 0) is 0 Å². The Hall–Kier alpha value is -2.07. The highest BCUT2D eigenvalue weighted by atomic mass is 16.2. The van der Waals surface area contributed by atoms with Crippen molar-refractivity contribution in [1.82, 2.24) is 9.47 Å². The van der Waals surface area contributed by atoms with Gasteiger partial charge in [-0.3, -0.25) is 4.79 Å². The second-order valence-corrected chi connectivity index (χ2v) is 6.60. The van der Waals surface area contributed by atoms with Gasteiger partial charge in [-0.2, -0.15) is 0 Å². The lowest BCUT2D eigenvalue weighted by Gasteiger charge is -2.21. The lowest BCUT2D eigenvalue weighted by atomic mass is 10.1. The van der Waals surface area contributed by atoms with Gasteiger partial charge >= 0.3 is 0 Å². The van der Waals surface area contributed by atoms with E-state index < -0.39 is 0 Å². The van der Waals surface area contributed by atoms with Gasteiger partial charge in [-0.25, -0.2) is 0 Å². The molecule has 1 aliphatic rings. The van der Waals surface area contributed by atoms with Crippen LogP contribution in [0, 0.1) is 19.8 Å². The van der Waals surface area contributed by atoms with Gasteiger partial charge < -0.3 is 15.2 Å². The van der Waals surface area contributed by atoms with Crippen LogP contribution >= 0.6 is 0 Å². The predicted molar refractivity (Wildman–Crippen MR) is 92.9 cm³/mol. The molecule has 4 heteroatoms. The first-order valence-electron chi connectivity index (χ1n) is 8.28. The largest absolute Gasteiger partial charge is 0.336 e. The number of benzene rings is 1. The summed E-state index contributed by atoms with van der Waals surface area (Å²) >= 11 is 0. The number of nitrogens with two attached hydrogens (primary N) is 1. The topological polar surface area (TPSA) is 51.3 Å². The highest BCUT2D eigenvalue weighted by Gasteiger charge is 2.33. The number of likely N-dealkylation sites (tertiary alicyclic amines) is 1. The molecule has 0 radical (unpaired) electrons. The Kier molecular flexibility index (Phi) is 4.26. The molecule has 1 aromatic carbocycles. The molecule has 4 nitrogen and oxygen atoms in total. The Balaban J connectivity index is 1.94. The van der Waals surface area contributed by atoms with Crippen LogP contribution < -0.4 is 5.73 Å². The average Bonchev–Trinajstić information content (AvgIpc) is 3.07. The SMILES string of the molecule is Cc1cc(C(=O)N2CC(CN)CC2C)c(C)n1-c1ccccc1. The first kappa shape index (κ1) is 15.8. The zero-order valence-corrected chi connectivity index (χ0v) is 14.1. The second-order valence-electron chi connectivity index (χ2n) is 6.60. The highest BCUT2D eigenvalue weighted by Crippen LogP contribution is 2.27. The monoisotopic (exact) mass is 311 g/mol. The van der Waals surface area contributed by atoms with E-state index in [1.807, 2.05) is 43.0 Å². The maximum absolute atomic E-state index is 13.0. The van der Waals surface area contributed by atoms with Crippen molar-refractivity contribution in [2.75, 3.05) is 13.1 Å². The van der Waals surface area contributed by atoms with Crippen LogP contribution in [0.4, 0.5) is 0 Å². The summed E-state index contributed by atoms with van der Waals surface area (Å²) in [6.45, 7) is 7.61. The molecule has 2 unspecified atom stereocenters. The van der Waals surface area contributed by atoms with Crippen molar-refractivity contribution >= 4 is 5.91 Å². The van der Waals surface area contributed by atoms with Gasteiger partial charge in [0.25, 0.3) is 5.91 Å². The summed E-state index contributed by atoms with van der Waals surface area (Å²) in [5.41, 5.74) is 9.77.